The van der Waals surface area contributed by atoms with Crippen LogP contribution in [0.2, 0.25) is 0 Å². The third-order valence-electron chi connectivity index (χ3n) is 1.89. The van der Waals surface area contributed by atoms with Crippen LogP contribution in [0.25, 0.3) is 0 Å². The molecule has 1 nitrogen and oxygen atoms in total. The van der Waals surface area contributed by atoms with E-state index in [1.165, 1.54) is 0 Å². The Morgan fingerprint density at radius 2 is 1.71 bits per heavy atom. The van der Waals surface area contributed by atoms with E-state index in [9.17, 15) is 13.2 Å². The van der Waals surface area contributed by atoms with Gasteiger partial charge in [-0.25, -0.2) is 13.2 Å². The molecule has 0 unspecified atom stereocenters. The maximum Gasteiger partial charge on any atom is 0.194 e. The van der Waals surface area contributed by atoms with Gasteiger partial charge < -0.3 is 5.11 Å². The zero-order valence-electron chi connectivity index (χ0n) is 7.73. The lowest BCUT2D eigenvalue weighted by Gasteiger charge is -2.05. The average molecular weight is 204 g/mol. The van der Waals surface area contributed by atoms with Crippen molar-refractivity contribution in [2.45, 2.75) is 25.9 Å². The molecule has 1 N–H and O–H groups in total. The van der Waals surface area contributed by atoms with Gasteiger partial charge in [-0.05, 0) is 37.5 Å². The fourth-order valence-corrected chi connectivity index (χ4v) is 1.13. The molecule has 0 spiro atoms. The van der Waals surface area contributed by atoms with Crippen LogP contribution in [0.4, 0.5) is 13.2 Å². The Bertz CT molecular complexity index is 300. The van der Waals surface area contributed by atoms with Crippen LogP contribution in [-0.4, -0.2) is 11.2 Å². The zero-order chi connectivity index (χ0) is 10.7. The number of aliphatic hydroxyl groups is 1. The molecule has 1 aromatic carbocycles. The minimum Gasteiger partial charge on any atom is -0.393 e. The summed E-state index contributed by atoms with van der Waals surface area (Å²) in [5.74, 6) is -3.83. The normalized spacial score (nSPS) is 12.9. The minimum atomic E-state index is -1.45. The van der Waals surface area contributed by atoms with Gasteiger partial charge in [-0.15, -0.1) is 0 Å². The number of halogens is 3. The SMILES string of the molecule is C[C@@H](O)CCc1cc(F)c(F)c(F)c1. The van der Waals surface area contributed by atoms with Crippen molar-refractivity contribution in [3.63, 3.8) is 0 Å². The summed E-state index contributed by atoms with van der Waals surface area (Å²) < 4.78 is 37.9. The topological polar surface area (TPSA) is 20.2 Å². The van der Waals surface area contributed by atoms with Crippen LogP contribution in [0.15, 0.2) is 12.1 Å². The molecule has 1 atom stereocenters. The van der Waals surface area contributed by atoms with Crippen LogP contribution in [-0.2, 0) is 6.42 Å². The van der Waals surface area contributed by atoms with E-state index in [1.54, 1.807) is 6.92 Å². The van der Waals surface area contributed by atoms with E-state index in [1.807, 2.05) is 0 Å². The van der Waals surface area contributed by atoms with E-state index in [4.69, 9.17) is 5.11 Å². The van der Waals surface area contributed by atoms with Crippen molar-refractivity contribution in [3.8, 4) is 0 Å². The highest BCUT2D eigenvalue weighted by Crippen LogP contribution is 2.15. The van der Waals surface area contributed by atoms with Gasteiger partial charge in [0.05, 0.1) is 6.10 Å². The summed E-state index contributed by atoms with van der Waals surface area (Å²) in [7, 11) is 0. The lowest BCUT2D eigenvalue weighted by molar-refractivity contribution is 0.185. The van der Waals surface area contributed by atoms with Gasteiger partial charge >= 0.3 is 0 Å². The summed E-state index contributed by atoms with van der Waals surface area (Å²) >= 11 is 0. The van der Waals surface area contributed by atoms with Crippen LogP contribution in [0.1, 0.15) is 18.9 Å². The number of benzene rings is 1. The van der Waals surface area contributed by atoms with Gasteiger partial charge in [0.2, 0.25) is 0 Å². The number of hydrogen-bond acceptors (Lipinski definition) is 1. The van der Waals surface area contributed by atoms with Gasteiger partial charge in [0.1, 0.15) is 0 Å². The van der Waals surface area contributed by atoms with Gasteiger partial charge in [-0.2, -0.15) is 0 Å². The summed E-state index contributed by atoms with van der Waals surface area (Å²) in [4.78, 5) is 0. The summed E-state index contributed by atoms with van der Waals surface area (Å²) in [5, 5.41) is 8.95. The van der Waals surface area contributed by atoms with Crippen molar-refractivity contribution in [1.29, 1.82) is 0 Å². The van der Waals surface area contributed by atoms with E-state index in [0.717, 1.165) is 12.1 Å². The molecular formula is C10H11F3O. The molecule has 0 aliphatic heterocycles. The molecule has 14 heavy (non-hydrogen) atoms. The Labute approximate surface area is 80.2 Å². The molecule has 0 radical (unpaired) electrons. The largest absolute Gasteiger partial charge is 0.393 e. The molecule has 0 amide bonds. The fourth-order valence-electron chi connectivity index (χ4n) is 1.13. The van der Waals surface area contributed by atoms with E-state index in [-0.39, 0.29) is 0 Å². The molecule has 0 heterocycles. The average Bonchev–Trinajstić information content (AvgIpc) is 2.10. The fraction of sp³-hybridized carbons (Fsp3) is 0.400. The highest BCUT2D eigenvalue weighted by Gasteiger charge is 2.10. The van der Waals surface area contributed by atoms with Crippen LogP contribution in [0, 0.1) is 17.5 Å². The summed E-state index contributed by atoms with van der Waals surface area (Å²) in [6, 6.07) is 1.89. The highest BCUT2D eigenvalue weighted by atomic mass is 19.2. The first-order valence-electron chi connectivity index (χ1n) is 4.32. The Hall–Kier alpha value is -1.03. The molecule has 78 valence electrons. The number of aliphatic hydroxyl groups excluding tert-OH is 1. The number of aryl methyl sites for hydroxylation is 1. The van der Waals surface area contributed by atoms with Crippen molar-refractivity contribution in [3.05, 3.63) is 35.1 Å². The first kappa shape index (κ1) is 11.0. The Morgan fingerprint density at radius 1 is 1.21 bits per heavy atom. The van der Waals surface area contributed by atoms with Crippen LogP contribution >= 0.6 is 0 Å². The number of rotatable bonds is 3. The van der Waals surface area contributed by atoms with Gasteiger partial charge in [-0.3, -0.25) is 0 Å². The summed E-state index contributed by atoms with van der Waals surface area (Å²) in [5.41, 5.74) is 0.349. The molecule has 0 aliphatic rings. The van der Waals surface area contributed by atoms with E-state index >= 15 is 0 Å². The van der Waals surface area contributed by atoms with E-state index in [2.05, 4.69) is 0 Å². The minimum absolute atomic E-state index is 0.325. The van der Waals surface area contributed by atoms with Crippen LogP contribution in [0.3, 0.4) is 0 Å². The monoisotopic (exact) mass is 204 g/mol. The lowest BCUT2D eigenvalue weighted by Crippen LogP contribution is -2.02. The van der Waals surface area contributed by atoms with Gasteiger partial charge in [0, 0.05) is 0 Å². The van der Waals surface area contributed by atoms with Crippen molar-refractivity contribution >= 4 is 0 Å². The second-order valence-electron chi connectivity index (χ2n) is 3.26. The quantitative estimate of drug-likeness (QED) is 0.749. The first-order chi connectivity index (χ1) is 6.50. The van der Waals surface area contributed by atoms with Crippen LogP contribution < -0.4 is 0 Å². The summed E-state index contributed by atoms with van der Waals surface area (Å²) in [6.45, 7) is 1.58. The van der Waals surface area contributed by atoms with Crippen molar-refractivity contribution in [2.24, 2.45) is 0 Å². The van der Waals surface area contributed by atoms with Gasteiger partial charge in [0.15, 0.2) is 17.5 Å². The Balaban J connectivity index is 2.79. The third-order valence-corrected chi connectivity index (χ3v) is 1.89. The van der Waals surface area contributed by atoms with Crippen molar-refractivity contribution in [2.75, 3.05) is 0 Å². The molecule has 1 aromatic rings. The summed E-state index contributed by atoms with van der Waals surface area (Å²) in [6.07, 6.45) is 0.183. The maximum absolute atomic E-state index is 12.7. The second-order valence-corrected chi connectivity index (χ2v) is 3.26. The highest BCUT2D eigenvalue weighted by molar-refractivity contribution is 5.19. The Morgan fingerprint density at radius 3 is 2.14 bits per heavy atom. The maximum atomic E-state index is 12.7. The van der Waals surface area contributed by atoms with E-state index in [0.29, 0.717) is 18.4 Å². The predicted molar refractivity (Wildman–Crippen MR) is 46.3 cm³/mol. The molecule has 0 aliphatic carbocycles. The molecule has 0 fully saturated rings. The molecule has 0 saturated heterocycles. The van der Waals surface area contributed by atoms with Gasteiger partial charge in [0.25, 0.3) is 0 Å². The lowest BCUT2D eigenvalue weighted by atomic mass is 10.1. The Kier molecular flexibility index (Phi) is 3.52. The first-order valence-corrected chi connectivity index (χ1v) is 4.32. The smallest absolute Gasteiger partial charge is 0.194 e. The molecular weight excluding hydrogens is 193 g/mol. The zero-order valence-corrected chi connectivity index (χ0v) is 7.73. The van der Waals surface area contributed by atoms with Gasteiger partial charge in [-0.1, -0.05) is 0 Å². The standard InChI is InChI=1S/C10H11F3O/c1-6(14)2-3-7-4-8(11)10(13)9(12)5-7/h4-6,14H,2-3H2,1H3/t6-/m1/s1. The van der Waals surface area contributed by atoms with Crippen molar-refractivity contribution in [1.82, 2.24) is 0 Å². The molecule has 4 heteroatoms. The molecule has 0 bridgehead atoms. The van der Waals surface area contributed by atoms with E-state index < -0.39 is 23.6 Å². The van der Waals surface area contributed by atoms with Crippen molar-refractivity contribution < 1.29 is 18.3 Å². The molecule has 0 aromatic heterocycles. The predicted octanol–water partition coefficient (Wildman–Crippen LogP) is 2.42. The third kappa shape index (κ3) is 2.73. The van der Waals surface area contributed by atoms with Crippen LogP contribution in [0.5, 0.6) is 0 Å². The molecule has 0 saturated carbocycles. The number of hydrogen-bond donors (Lipinski definition) is 1. The second kappa shape index (κ2) is 4.46. The molecule has 1 rings (SSSR count).